The second-order valence-electron chi connectivity index (χ2n) is 6.74. The molecule has 1 aliphatic heterocycles. The van der Waals surface area contributed by atoms with Crippen LogP contribution in [0.1, 0.15) is 21.5 Å². The molecule has 0 atom stereocenters. The molecule has 4 rings (SSSR count). The molecule has 1 amide bonds. The number of fused-ring (bicyclic) bond motifs is 1. The van der Waals surface area contributed by atoms with Crippen molar-refractivity contribution in [1.29, 1.82) is 0 Å². The summed E-state index contributed by atoms with van der Waals surface area (Å²) in [6.45, 7) is 0.548. The highest BCUT2D eigenvalue weighted by molar-refractivity contribution is 7.91. The number of nitrogens with one attached hydrogen (secondary N) is 1. The highest BCUT2D eigenvalue weighted by Gasteiger charge is 2.26. The molecule has 2 aromatic carbocycles. The van der Waals surface area contributed by atoms with Crippen molar-refractivity contribution < 1.29 is 13.2 Å². The van der Waals surface area contributed by atoms with Crippen molar-refractivity contribution in [2.45, 2.75) is 12.2 Å². The van der Waals surface area contributed by atoms with Gasteiger partial charge in [0, 0.05) is 35.2 Å². The van der Waals surface area contributed by atoms with Crippen LogP contribution in [0.2, 0.25) is 5.02 Å². The molecule has 6 nitrogen and oxygen atoms in total. The molecule has 1 N–H and O–H groups in total. The molecule has 2 heterocycles. The number of anilines is 2. The van der Waals surface area contributed by atoms with Gasteiger partial charge in [0.05, 0.1) is 11.4 Å². The molecular weight excluding hydrogens is 410 g/mol. The Morgan fingerprint density at radius 1 is 1.10 bits per heavy atom. The van der Waals surface area contributed by atoms with Gasteiger partial charge in [-0.15, -0.1) is 0 Å². The Bertz CT molecular complexity index is 1170. The number of hydrogen-bond donors (Lipinski definition) is 1. The van der Waals surface area contributed by atoms with E-state index in [9.17, 15) is 13.2 Å². The lowest BCUT2D eigenvalue weighted by Crippen LogP contribution is -2.29. The monoisotopic (exact) mass is 427 g/mol. The highest BCUT2D eigenvalue weighted by atomic mass is 35.5. The van der Waals surface area contributed by atoms with E-state index in [1.54, 1.807) is 65.8 Å². The number of nitrogens with zero attached hydrogens (tertiary/aromatic N) is 2. The highest BCUT2D eigenvalue weighted by Crippen LogP contribution is 2.32. The van der Waals surface area contributed by atoms with Crippen LogP contribution in [0.3, 0.4) is 0 Å². The van der Waals surface area contributed by atoms with Crippen LogP contribution in [-0.4, -0.2) is 25.9 Å². The van der Waals surface area contributed by atoms with Gasteiger partial charge in [0.1, 0.15) is 0 Å². The second kappa shape index (κ2) is 7.85. The quantitative estimate of drug-likeness (QED) is 0.670. The van der Waals surface area contributed by atoms with Crippen molar-refractivity contribution in [3.8, 4) is 0 Å². The predicted molar refractivity (Wildman–Crippen MR) is 114 cm³/mol. The molecule has 1 aromatic heterocycles. The van der Waals surface area contributed by atoms with Gasteiger partial charge in [-0.3, -0.25) is 14.5 Å². The molecule has 0 saturated heterocycles. The molecule has 8 heteroatoms. The average molecular weight is 428 g/mol. The van der Waals surface area contributed by atoms with Gasteiger partial charge >= 0.3 is 0 Å². The van der Waals surface area contributed by atoms with E-state index in [1.165, 1.54) is 0 Å². The van der Waals surface area contributed by atoms with Crippen molar-refractivity contribution >= 4 is 38.9 Å². The minimum Gasteiger partial charge on any atom is -0.308 e. The Morgan fingerprint density at radius 2 is 1.86 bits per heavy atom. The van der Waals surface area contributed by atoms with Crippen molar-refractivity contribution in [2.75, 3.05) is 16.2 Å². The summed E-state index contributed by atoms with van der Waals surface area (Å²) in [6, 6.07) is 15.4. The maximum Gasteiger partial charge on any atom is 0.258 e. The molecule has 0 saturated carbocycles. The number of aromatic nitrogens is 1. The van der Waals surface area contributed by atoms with Gasteiger partial charge in [0.2, 0.25) is 10.0 Å². The topological polar surface area (TPSA) is 79.4 Å². The average Bonchev–Trinajstić information content (AvgIpc) is 3.12. The third-order valence-corrected chi connectivity index (χ3v) is 6.34. The van der Waals surface area contributed by atoms with Crippen molar-refractivity contribution in [1.82, 2.24) is 4.98 Å². The molecular formula is C21H18ClN3O3S. The van der Waals surface area contributed by atoms with E-state index >= 15 is 0 Å². The number of rotatable bonds is 5. The zero-order valence-electron chi connectivity index (χ0n) is 15.4. The number of carbonyl (C=O) groups excluding carboxylic acids is 1. The van der Waals surface area contributed by atoms with Crippen LogP contribution in [-0.2, 0) is 22.2 Å². The van der Waals surface area contributed by atoms with Crippen LogP contribution in [0.25, 0.3) is 0 Å². The maximum absolute atomic E-state index is 12.8. The van der Waals surface area contributed by atoms with E-state index in [4.69, 9.17) is 11.6 Å². The SMILES string of the molecule is O=C(c1ccncc1)N1CCc2ccc(NS(=O)(=O)Cc3ccccc3Cl)cc21. The van der Waals surface area contributed by atoms with Gasteiger partial charge in [0.25, 0.3) is 5.91 Å². The first-order valence-electron chi connectivity index (χ1n) is 9.02. The Kier molecular flexibility index (Phi) is 5.25. The minimum atomic E-state index is -3.66. The lowest BCUT2D eigenvalue weighted by atomic mass is 10.1. The lowest BCUT2D eigenvalue weighted by Gasteiger charge is -2.18. The number of hydrogen-bond acceptors (Lipinski definition) is 4. The van der Waals surface area contributed by atoms with Gasteiger partial charge in [-0.2, -0.15) is 0 Å². The zero-order valence-corrected chi connectivity index (χ0v) is 16.9. The summed E-state index contributed by atoms with van der Waals surface area (Å²) in [5.74, 6) is -0.370. The summed E-state index contributed by atoms with van der Waals surface area (Å²) in [5, 5.41) is 0.404. The fourth-order valence-electron chi connectivity index (χ4n) is 3.34. The first-order valence-corrected chi connectivity index (χ1v) is 11.0. The second-order valence-corrected chi connectivity index (χ2v) is 8.87. The van der Waals surface area contributed by atoms with Gasteiger partial charge in [-0.05, 0) is 47.9 Å². The molecule has 0 unspecified atom stereocenters. The first kappa shape index (κ1) is 19.4. The number of halogens is 1. The Balaban J connectivity index is 1.57. The molecule has 29 heavy (non-hydrogen) atoms. The van der Waals surface area contributed by atoms with Gasteiger partial charge < -0.3 is 4.90 Å². The summed E-state index contributed by atoms with van der Waals surface area (Å²) in [4.78, 5) is 18.4. The molecule has 3 aromatic rings. The largest absolute Gasteiger partial charge is 0.308 e. The Hall–Kier alpha value is -2.90. The van der Waals surface area contributed by atoms with E-state index in [0.717, 1.165) is 12.0 Å². The first-order chi connectivity index (χ1) is 13.9. The predicted octanol–water partition coefficient (Wildman–Crippen LogP) is 3.88. The smallest absolute Gasteiger partial charge is 0.258 e. The maximum atomic E-state index is 12.8. The number of amides is 1. The summed E-state index contributed by atoms with van der Waals surface area (Å²) >= 11 is 6.08. The van der Waals surface area contributed by atoms with E-state index in [-0.39, 0.29) is 11.7 Å². The van der Waals surface area contributed by atoms with Gasteiger partial charge in [-0.1, -0.05) is 35.9 Å². The number of carbonyl (C=O) groups is 1. The molecule has 1 aliphatic rings. The number of sulfonamides is 1. The van der Waals surface area contributed by atoms with Crippen molar-refractivity contribution in [3.63, 3.8) is 0 Å². The van der Waals surface area contributed by atoms with Crippen LogP contribution in [0.5, 0.6) is 0 Å². The van der Waals surface area contributed by atoms with Crippen LogP contribution in [0.4, 0.5) is 11.4 Å². The summed E-state index contributed by atoms with van der Waals surface area (Å²) in [5.41, 5.74) is 3.19. The summed E-state index contributed by atoms with van der Waals surface area (Å²) in [7, 11) is -3.66. The fourth-order valence-corrected chi connectivity index (χ4v) is 4.84. The van der Waals surface area contributed by atoms with Gasteiger partial charge in [0.15, 0.2) is 0 Å². The molecule has 148 valence electrons. The van der Waals surface area contributed by atoms with E-state index < -0.39 is 10.0 Å². The molecule has 0 bridgehead atoms. The number of benzene rings is 2. The van der Waals surface area contributed by atoms with Crippen molar-refractivity contribution in [3.05, 3.63) is 88.7 Å². The standard InChI is InChI=1S/C21H18ClN3O3S/c22-19-4-2-1-3-17(19)14-29(27,28)24-18-6-5-15-9-12-25(20(15)13-18)21(26)16-7-10-23-11-8-16/h1-8,10-11,13,24H,9,12,14H2. The summed E-state index contributed by atoms with van der Waals surface area (Å²) in [6.07, 6.45) is 3.87. The van der Waals surface area contributed by atoms with Crippen LogP contribution < -0.4 is 9.62 Å². The lowest BCUT2D eigenvalue weighted by molar-refractivity contribution is 0.0989. The molecule has 0 radical (unpaired) electrons. The van der Waals surface area contributed by atoms with Gasteiger partial charge in [-0.25, -0.2) is 8.42 Å². The van der Waals surface area contributed by atoms with E-state index in [1.807, 2.05) is 6.07 Å². The Labute approximate surface area is 174 Å². The van der Waals surface area contributed by atoms with Crippen LogP contribution in [0.15, 0.2) is 67.0 Å². The zero-order chi connectivity index (χ0) is 20.4. The fraction of sp³-hybridized carbons (Fsp3) is 0.143. The minimum absolute atomic E-state index is 0.137. The van der Waals surface area contributed by atoms with E-state index in [2.05, 4.69) is 9.71 Å². The van der Waals surface area contributed by atoms with Crippen LogP contribution in [0, 0.1) is 0 Å². The normalized spacial score (nSPS) is 13.2. The number of pyridine rings is 1. The van der Waals surface area contributed by atoms with Crippen molar-refractivity contribution in [2.24, 2.45) is 0 Å². The Morgan fingerprint density at radius 3 is 2.62 bits per heavy atom. The van der Waals surface area contributed by atoms with E-state index in [0.29, 0.717) is 34.1 Å². The molecule has 0 fully saturated rings. The van der Waals surface area contributed by atoms with Crippen LogP contribution >= 0.6 is 11.6 Å². The molecule has 0 aliphatic carbocycles. The molecule has 0 spiro atoms. The summed E-state index contributed by atoms with van der Waals surface area (Å²) < 4.78 is 27.8. The third-order valence-electron chi connectivity index (χ3n) is 4.73. The third kappa shape index (κ3) is 4.26.